The van der Waals surface area contributed by atoms with Gasteiger partial charge in [0.05, 0.1) is 6.54 Å². The number of nitrogens with zero attached hydrogens (tertiary/aromatic N) is 2. The molecule has 2 aromatic rings. The predicted octanol–water partition coefficient (Wildman–Crippen LogP) is 3.56. The molecule has 0 radical (unpaired) electrons. The summed E-state index contributed by atoms with van der Waals surface area (Å²) in [5.41, 5.74) is 2.07. The van der Waals surface area contributed by atoms with E-state index in [2.05, 4.69) is 15.5 Å². The Morgan fingerprint density at radius 1 is 1.09 bits per heavy atom. The molecule has 6 nitrogen and oxygen atoms in total. The lowest BCUT2D eigenvalue weighted by atomic mass is 9.93. The van der Waals surface area contributed by atoms with Gasteiger partial charge >= 0.3 is 0 Å². The van der Waals surface area contributed by atoms with Crippen LogP contribution < -0.4 is 15.5 Å². The van der Waals surface area contributed by atoms with Gasteiger partial charge in [0.25, 0.3) is 0 Å². The number of aryl methyl sites for hydroxylation is 1. The van der Waals surface area contributed by atoms with Gasteiger partial charge in [0, 0.05) is 37.9 Å². The van der Waals surface area contributed by atoms with Crippen LogP contribution in [0, 0.1) is 12.7 Å². The number of rotatable bonds is 7. The first-order valence-electron chi connectivity index (χ1n) is 12.4. The van der Waals surface area contributed by atoms with Crippen LogP contribution in [0.1, 0.15) is 49.3 Å². The van der Waals surface area contributed by atoms with Crippen molar-refractivity contribution >= 4 is 17.5 Å². The summed E-state index contributed by atoms with van der Waals surface area (Å²) in [6.45, 7) is 5.27. The molecule has 4 rings (SSSR count). The van der Waals surface area contributed by atoms with E-state index in [4.69, 9.17) is 0 Å². The van der Waals surface area contributed by atoms with E-state index in [-0.39, 0.29) is 24.4 Å². The highest BCUT2D eigenvalue weighted by atomic mass is 19.1. The van der Waals surface area contributed by atoms with Gasteiger partial charge in [-0.1, -0.05) is 49.6 Å². The molecule has 7 heteroatoms. The molecule has 1 atom stereocenters. The smallest absolute Gasteiger partial charge is 0.248 e. The number of hydrogen-bond donors (Lipinski definition) is 2. The Morgan fingerprint density at radius 3 is 2.53 bits per heavy atom. The van der Waals surface area contributed by atoms with Crippen molar-refractivity contribution in [1.29, 1.82) is 0 Å². The molecule has 34 heavy (non-hydrogen) atoms. The zero-order chi connectivity index (χ0) is 23.9. The maximum Gasteiger partial charge on any atom is 0.248 e. The van der Waals surface area contributed by atoms with Gasteiger partial charge in [0.2, 0.25) is 11.8 Å². The van der Waals surface area contributed by atoms with E-state index in [1.807, 2.05) is 31.2 Å². The highest BCUT2D eigenvalue weighted by Crippen LogP contribution is 2.31. The van der Waals surface area contributed by atoms with Crippen molar-refractivity contribution in [2.45, 2.75) is 51.1 Å². The van der Waals surface area contributed by atoms with E-state index in [9.17, 15) is 14.0 Å². The number of nitrogens with one attached hydrogen (secondary N) is 2. The molecule has 2 fully saturated rings. The van der Waals surface area contributed by atoms with E-state index < -0.39 is 11.9 Å². The van der Waals surface area contributed by atoms with Crippen LogP contribution in [0.25, 0.3) is 0 Å². The number of carbonyl (C=O) groups excluding carboxylic acids is 2. The molecule has 182 valence electrons. The molecule has 1 aliphatic carbocycles. The molecule has 2 aromatic carbocycles. The third-order valence-corrected chi connectivity index (χ3v) is 6.86. The highest BCUT2D eigenvalue weighted by molar-refractivity contribution is 6.02. The lowest BCUT2D eigenvalue weighted by Crippen LogP contribution is -2.52. The van der Waals surface area contributed by atoms with Crippen LogP contribution in [0.2, 0.25) is 0 Å². The Kier molecular flexibility index (Phi) is 8.29. The monoisotopic (exact) mass is 466 g/mol. The predicted molar refractivity (Wildman–Crippen MR) is 132 cm³/mol. The number of benzene rings is 2. The molecular formula is C27H35FN4O2. The number of hydrogen-bond acceptors (Lipinski definition) is 4. The fourth-order valence-corrected chi connectivity index (χ4v) is 5.02. The number of anilines is 1. The maximum atomic E-state index is 14.3. The lowest BCUT2D eigenvalue weighted by Gasteiger charge is -2.36. The van der Waals surface area contributed by atoms with Crippen molar-refractivity contribution in [3.63, 3.8) is 0 Å². The zero-order valence-corrected chi connectivity index (χ0v) is 19.9. The molecule has 0 spiro atoms. The Balaban J connectivity index is 1.72. The van der Waals surface area contributed by atoms with Gasteiger partial charge < -0.3 is 10.6 Å². The molecular weight excluding hydrogens is 431 g/mol. The second kappa shape index (κ2) is 11.6. The first-order valence-corrected chi connectivity index (χ1v) is 12.4. The topological polar surface area (TPSA) is 64.7 Å². The number of amides is 2. The van der Waals surface area contributed by atoms with Gasteiger partial charge in [-0.15, -0.1) is 0 Å². The molecule has 1 unspecified atom stereocenters. The zero-order valence-electron chi connectivity index (χ0n) is 19.9. The fourth-order valence-electron chi connectivity index (χ4n) is 5.02. The van der Waals surface area contributed by atoms with E-state index >= 15 is 0 Å². The van der Waals surface area contributed by atoms with Crippen molar-refractivity contribution < 1.29 is 14.0 Å². The molecule has 1 heterocycles. The first-order chi connectivity index (χ1) is 16.5. The van der Waals surface area contributed by atoms with Gasteiger partial charge in [-0.05, 0) is 49.1 Å². The first kappa shape index (κ1) is 24.4. The third-order valence-electron chi connectivity index (χ3n) is 6.86. The second-order valence-electron chi connectivity index (χ2n) is 9.37. The standard InChI is InChI=1S/C27H35FN4O2/c1-20-8-5-6-13-24(20)26(27(34)30-22-10-3-2-4-11-22)32(23-12-7-9-21(28)18-23)25(33)19-31-16-14-29-15-17-31/h5-9,12-13,18,22,26,29H,2-4,10-11,14-17,19H2,1H3,(H,30,34). The normalized spacial score (nSPS) is 18.3. The van der Waals surface area contributed by atoms with Gasteiger partial charge in [-0.2, -0.15) is 0 Å². The lowest BCUT2D eigenvalue weighted by molar-refractivity contribution is -0.127. The Labute approximate surface area is 201 Å². The molecule has 1 aliphatic heterocycles. The van der Waals surface area contributed by atoms with Gasteiger partial charge in [0.15, 0.2) is 0 Å². The van der Waals surface area contributed by atoms with Crippen LogP contribution in [0.15, 0.2) is 48.5 Å². The summed E-state index contributed by atoms with van der Waals surface area (Å²) in [5.74, 6) is -0.854. The van der Waals surface area contributed by atoms with Crippen molar-refractivity contribution in [2.75, 3.05) is 37.6 Å². The van der Waals surface area contributed by atoms with E-state index in [0.717, 1.165) is 63.0 Å². The summed E-state index contributed by atoms with van der Waals surface area (Å²) in [6.07, 6.45) is 5.26. The fraction of sp³-hybridized carbons (Fsp3) is 0.481. The molecule has 2 aliphatic rings. The largest absolute Gasteiger partial charge is 0.351 e. The number of piperazine rings is 1. The summed E-state index contributed by atoms with van der Waals surface area (Å²) >= 11 is 0. The average Bonchev–Trinajstić information content (AvgIpc) is 2.84. The number of carbonyl (C=O) groups is 2. The van der Waals surface area contributed by atoms with Crippen molar-refractivity contribution in [1.82, 2.24) is 15.5 Å². The van der Waals surface area contributed by atoms with Gasteiger partial charge in [0.1, 0.15) is 11.9 Å². The Morgan fingerprint density at radius 2 is 1.82 bits per heavy atom. The quantitative estimate of drug-likeness (QED) is 0.655. The summed E-state index contributed by atoms with van der Waals surface area (Å²) in [6, 6.07) is 12.9. The van der Waals surface area contributed by atoms with Crippen LogP contribution >= 0.6 is 0 Å². The van der Waals surface area contributed by atoms with E-state index in [1.165, 1.54) is 23.5 Å². The average molecular weight is 467 g/mol. The van der Waals surface area contributed by atoms with E-state index in [1.54, 1.807) is 12.1 Å². The van der Waals surface area contributed by atoms with Crippen molar-refractivity contribution in [3.05, 3.63) is 65.5 Å². The molecule has 0 aromatic heterocycles. The SMILES string of the molecule is Cc1ccccc1C(C(=O)NC1CCCCC1)N(C(=O)CN1CCNCC1)c1cccc(F)c1. The van der Waals surface area contributed by atoms with Crippen LogP contribution in [0.4, 0.5) is 10.1 Å². The van der Waals surface area contributed by atoms with Crippen molar-refractivity contribution in [3.8, 4) is 0 Å². The molecule has 1 saturated heterocycles. The summed E-state index contributed by atoms with van der Waals surface area (Å²) in [4.78, 5) is 31.2. The Hall–Kier alpha value is -2.77. The summed E-state index contributed by atoms with van der Waals surface area (Å²) < 4.78 is 14.3. The Bertz CT molecular complexity index is 986. The van der Waals surface area contributed by atoms with Gasteiger partial charge in [-0.25, -0.2) is 4.39 Å². The van der Waals surface area contributed by atoms with Crippen LogP contribution in [0.5, 0.6) is 0 Å². The number of halogens is 1. The summed E-state index contributed by atoms with van der Waals surface area (Å²) in [5, 5.41) is 6.51. The van der Waals surface area contributed by atoms with Crippen molar-refractivity contribution in [2.24, 2.45) is 0 Å². The third kappa shape index (κ3) is 6.02. The van der Waals surface area contributed by atoms with Gasteiger partial charge in [-0.3, -0.25) is 19.4 Å². The minimum atomic E-state index is -0.875. The second-order valence-corrected chi connectivity index (χ2v) is 9.37. The van der Waals surface area contributed by atoms with Crippen LogP contribution in [0.3, 0.4) is 0 Å². The molecule has 0 bridgehead atoms. The van der Waals surface area contributed by atoms with E-state index in [0.29, 0.717) is 5.69 Å². The minimum Gasteiger partial charge on any atom is -0.351 e. The van der Waals surface area contributed by atoms with Crippen LogP contribution in [-0.4, -0.2) is 55.5 Å². The maximum absolute atomic E-state index is 14.3. The minimum absolute atomic E-state index is 0.102. The molecule has 2 N–H and O–H groups in total. The highest BCUT2D eigenvalue weighted by Gasteiger charge is 2.35. The molecule has 2 amide bonds. The van der Waals surface area contributed by atoms with Crippen LogP contribution in [-0.2, 0) is 9.59 Å². The molecule has 1 saturated carbocycles. The summed E-state index contributed by atoms with van der Waals surface area (Å²) in [7, 11) is 0.